The summed E-state index contributed by atoms with van der Waals surface area (Å²) in [6.07, 6.45) is -4.55. The van der Waals surface area contributed by atoms with Crippen LogP contribution in [0.1, 0.15) is 11.3 Å². The molecule has 1 aromatic carbocycles. The summed E-state index contributed by atoms with van der Waals surface area (Å²) in [5.41, 5.74) is -0.255. The zero-order valence-electron chi connectivity index (χ0n) is 10.1. The van der Waals surface area contributed by atoms with Gasteiger partial charge in [0.25, 0.3) is 0 Å². The summed E-state index contributed by atoms with van der Waals surface area (Å²) < 4.78 is 39.8. The van der Waals surface area contributed by atoms with Crippen LogP contribution in [-0.4, -0.2) is 4.57 Å². The Morgan fingerprint density at radius 2 is 1.80 bits per heavy atom. The van der Waals surface area contributed by atoms with Crippen molar-refractivity contribution in [3.63, 3.8) is 0 Å². The highest BCUT2D eigenvalue weighted by Crippen LogP contribution is 2.42. The molecule has 0 aliphatic rings. The van der Waals surface area contributed by atoms with Crippen molar-refractivity contribution in [2.45, 2.75) is 6.18 Å². The number of aromatic nitrogens is 1. The average molecular weight is 364 g/mol. The van der Waals surface area contributed by atoms with E-state index in [4.69, 9.17) is 16.9 Å². The monoisotopic (exact) mass is 362 g/mol. The van der Waals surface area contributed by atoms with Gasteiger partial charge in [0.05, 0.1) is 15.7 Å². The number of hydrogen-bond acceptors (Lipinski definition) is 1. The van der Waals surface area contributed by atoms with Crippen LogP contribution in [-0.2, 0) is 13.2 Å². The highest BCUT2D eigenvalue weighted by Gasteiger charge is 2.39. The third kappa shape index (κ3) is 2.43. The third-order valence-corrected chi connectivity index (χ3v) is 3.86. The Balaban J connectivity index is 2.78. The molecule has 2 nitrogen and oxygen atoms in total. The maximum absolute atomic E-state index is 13.0. The van der Waals surface area contributed by atoms with Crippen LogP contribution in [0.15, 0.2) is 28.7 Å². The highest BCUT2D eigenvalue weighted by molar-refractivity contribution is 9.10. The Morgan fingerprint density at radius 3 is 2.25 bits per heavy atom. The van der Waals surface area contributed by atoms with E-state index in [0.717, 1.165) is 4.57 Å². The molecule has 0 fully saturated rings. The first-order valence-electron chi connectivity index (χ1n) is 5.38. The fourth-order valence-corrected chi connectivity index (χ4v) is 2.90. The minimum atomic E-state index is -4.55. The molecule has 0 aliphatic heterocycles. The van der Waals surface area contributed by atoms with E-state index < -0.39 is 11.9 Å². The first kappa shape index (κ1) is 14.9. The fraction of sp³-hybridized carbons (Fsp3) is 0.154. The first-order valence-corrected chi connectivity index (χ1v) is 6.56. The maximum Gasteiger partial charge on any atom is 0.432 e. The van der Waals surface area contributed by atoms with Gasteiger partial charge >= 0.3 is 6.18 Å². The minimum absolute atomic E-state index is 0.0536. The predicted molar refractivity (Wildman–Crippen MR) is 73.3 cm³/mol. The van der Waals surface area contributed by atoms with E-state index in [1.165, 1.54) is 7.05 Å². The van der Waals surface area contributed by atoms with Gasteiger partial charge in [-0.2, -0.15) is 18.4 Å². The molecule has 0 aliphatic carbocycles. The van der Waals surface area contributed by atoms with Crippen molar-refractivity contribution in [2.75, 3.05) is 0 Å². The van der Waals surface area contributed by atoms with Crippen molar-refractivity contribution in [3.8, 4) is 17.3 Å². The van der Waals surface area contributed by atoms with Gasteiger partial charge in [-0.3, -0.25) is 0 Å². The Hall–Kier alpha value is -1.45. The van der Waals surface area contributed by atoms with Gasteiger partial charge in [0.1, 0.15) is 11.8 Å². The molecule has 0 spiro atoms. The Labute approximate surface area is 126 Å². The number of nitrogens with zero attached hydrogens (tertiary/aromatic N) is 2. The molecule has 0 saturated heterocycles. The van der Waals surface area contributed by atoms with Gasteiger partial charge in [-0.25, -0.2) is 0 Å². The van der Waals surface area contributed by atoms with Gasteiger partial charge in [-0.1, -0.05) is 23.7 Å². The normalized spacial score (nSPS) is 11.4. The van der Waals surface area contributed by atoms with Crippen LogP contribution < -0.4 is 0 Å². The van der Waals surface area contributed by atoms with Gasteiger partial charge in [0.2, 0.25) is 0 Å². The SMILES string of the molecule is Cn1c(-c2ccc(Cl)cc2)c(C#N)c(Br)c1C(F)(F)F. The lowest BCUT2D eigenvalue weighted by Gasteiger charge is -2.11. The number of benzene rings is 1. The van der Waals surface area contributed by atoms with Gasteiger partial charge in [-0.15, -0.1) is 0 Å². The first-order chi connectivity index (χ1) is 9.27. The number of hydrogen-bond donors (Lipinski definition) is 0. The molecule has 0 saturated carbocycles. The van der Waals surface area contributed by atoms with Crippen molar-refractivity contribution < 1.29 is 13.2 Å². The standard InChI is InChI=1S/C13H7BrClF3N2/c1-20-11(7-2-4-8(15)5-3-7)9(6-19)10(14)12(20)13(16,17)18/h2-5H,1H3. The van der Waals surface area contributed by atoms with Crippen molar-refractivity contribution in [2.24, 2.45) is 7.05 Å². The van der Waals surface area contributed by atoms with Crippen molar-refractivity contribution in [1.82, 2.24) is 4.57 Å². The molecule has 2 rings (SSSR count). The molecule has 0 bridgehead atoms. The minimum Gasteiger partial charge on any atom is -0.338 e. The second kappa shape index (κ2) is 5.15. The third-order valence-electron chi connectivity index (χ3n) is 2.83. The summed E-state index contributed by atoms with van der Waals surface area (Å²) in [5.74, 6) is 0. The molecule has 1 aromatic heterocycles. The zero-order valence-corrected chi connectivity index (χ0v) is 12.4. The summed E-state index contributed by atoms with van der Waals surface area (Å²) in [6, 6.07) is 8.08. The molecule has 0 N–H and O–H groups in total. The van der Waals surface area contributed by atoms with Crippen LogP contribution in [0.25, 0.3) is 11.3 Å². The van der Waals surface area contributed by atoms with Crippen molar-refractivity contribution in [3.05, 3.63) is 45.0 Å². The molecule has 0 unspecified atom stereocenters. The van der Waals surface area contributed by atoms with E-state index in [9.17, 15) is 13.2 Å². The number of rotatable bonds is 1. The van der Waals surface area contributed by atoms with Crippen LogP contribution in [0.5, 0.6) is 0 Å². The fourth-order valence-electron chi connectivity index (χ4n) is 2.01. The van der Waals surface area contributed by atoms with Crippen LogP contribution in [0.2, 0.25) is 5.02 Å². The maximum atomic E-state index is 13.0. The van der Waals surface area contributed by atoms with Crippen molar-refractivity contribution >= 4 is 27.5 Å². The number of nitriles is 1. The van der Waals surface area contributed by atoms with Crippen LogP contribution >= 0.6 is 27.5 Å². The van der Waals surface area contributed by atoms with Gasteiger partial charge in [-0.05, 0) is 33.6 Å². The summed E-state index contributed by atoms with van der Waals surface area (Å²) in [5, 5.41) is 9.60. The molecule has 104 valence electrons. The highest BCUT2D eigenvalue weighted by atomic mass is 79.9. The zero-order chi connectivity index (χ0) is 15.1. The van der Waals surface area contributed by atoms with Crippen LogP contribution in [0.4, 0.5) is 13.2 Å². The summed E-state index contributed by atoms with van der Waals surface area (Å²) in [4.78, 5) is 0. The van der Waals surface area contributed by atoms with E-state index in [0.29, 0.717) is 10.6 Å². The van der Waals surface area contributed by atoms with Gasteiger partial charge in [0.15, 0.2) is 0 Å². The second-order valence-corrected chi connectivity index (χ2v) is 5.29. The average Bonchev–Trinajstić information content (AvgIpc) is 2.60. The summed E-state index contributed by atoms with van der Waals surface area (Å²) >= 11 is 8.63. The Bertz CT molecular complexity index is 696. The van der Waals surface area contributed by atoms with Crippen molar-refractivity contribution in [1.29, 1.82) is 5.26 Å². The molecule has 20 heavy (non-hydrogen) atoms. The van der Waals surface area contributed by atoms with Gasteiger partial charge in [0, 0.05) is 12.1 Å². The molecule has 1 heterocycles. The molecule has 7 heteroatoms. The summed E-state index contributed by atoms with van der Waals surface area (Å²) in [7, 11) is 1.28. The Kier molecular flexibility index (Phi) is 3.85. The lowest BCUT2D eigenvalue weighted by molar-refractivity contribution is -0.143. The second-order valence-electron chi connectivity index (χ2n) is 4.06. The summed E-state index contributed by atoms with van der Waals surface area (Å²) in [6.45, 7) is 0. The number of alkyl halides is 3. The van der Waals surface area contributed by atoms with E-state index in [2.05, 4.69) is 15.9 Å². The quantitative estimate of drug-likeness (QED) is 0.701. The lowest BCUT2D eigenvalue weighted by Crippen LogP contribution is -2.12. The molecule has 0 atom stereocenters. The smallest absolute Gasteiger partial charge is 0.338 e. The molecular weight excluding hydrogens is 357 g/mol. The van der Waals surface area contributed by atoms with Crippen LogP contribution in [0.3, 0.4) is 0 Å². The molecule has 0 radical (unpaired) electrons. The lowest BCUT2D eigenvalue weighted by atomic mass is 10.1. The van der Waals surface area contributed by atoms with E-state index in [-0.39, 0.29) is 15.7 Å². The molecular formula is C13H7BrClF3N2. The largest absolute Gasteiger partial charge is 0.432 e. The predicted octanol–water partition coefficient (Wildman–Crippen LogP) is 5.00. The number of halogens is 5. The van der Waals surface area contributed by atoms with Gasteiger partial charge < -0.3 is 4.57 Å². The topological polar surface area (TPSA) is 28.7 Å². The molecule has 0 amide bonds. The molecule has 2 aromatic rings. The van der Waals surface area contributed by atoms with Crippen LogP contribution in [0, 0.1) is 11.3 Å². The Morgan fingerprint density at radius 1 is 1.25 bits per heavy atom. The van der Waals surface area contributed by atoms with E-state index >= 15 is 0 Å². The van der Waals surface area contributed by atoms with E-state index in [1.807, 2.05) is 6.07 Å². The van der Waals surface area contributed by atoms with E-state index in [1.54, 1.807) is 24.3 Å².